The molecule has 0 aliphatic carbocycles. The lowest BCUT2D eigenvalue weighted by molar-refractivity contribution is 0.328. The zero-order valence-corrected chi connectivity index (χ0v) is 13.3. The number of hydrogen-bond acceptors (Lipinski definition) is 1. The van der Waals surface area contributed by atoms with E-state index in [-0.39, 0.29) is 11.3 Å². The fraction of sp³-hybridized carbons (Fsp3) is 0.368. The Labute approximate surface area is 131 Å². The van der Waals surface area contributed by atoms with Gasteiger partial charge in [0.15, 0.2) is 0 Å². The monoisotopic (exact) mass is 300 g/mol. The fourth-order valence-corrected chi connectivity index (χ4v) is 3.26. The van der Waals surface area contributed by atoms with Crippen molar-refractivity contribution in [2.45, 2.75) is 37.5 Å². The summed E-state index contributed by atoms with van der Waals surface area (Å²) < 4.78 is 5.75. The number of fused-ring (bicyclic) bond motifs is 1. The SMILES string of the molecule is CCC(C)c1ccc(C(Cl)C2COc3ccccc32)cc1. The van der Waals surface area contributed by atoms with Crippen LogP contribution in [0.25, 0.3) is 0 Å². The Morgan fingerprint density at radius 1 is 1.10 bits per heavy atom. The van der Waals surface area contributed by atoms with Crippen molar-refractivity contribution in [3.63, 3.8) is 0 Å². The van der Waals surface area contributed by atoms with E-state index in [2.05, 4.69) is 50.2 Å². The molecule has 2 aromatic carbocycles. The zero-order chi connectivity index (χ0) is 14.8. The molecule has 0 aromatic heterocycles. The molecule has 1 nitrogen and oxygen atoms in total. The van der Waals surface area contributed by atoms with Gasteiger partial charge in [-0.05, 0) is 29.5 Å². The van der Waals surface area contributed by atoms with Gasteiger partial charge < -0.3 is 4.74 Å². The normalized spacial score (nSPS) is 19.7. The second-order valence-corrected chi connectivity index (χ2v) is 6.30. The first-order valence-corrected chi connectivity index (χ1v) is 8.10. The Kier molecular flexibility index (Phi) is 4.21. The molecule has 0 N–H and O–H groups in total. The minimum Gasteiger partial charge on any atom is -0.493 e. The number of ether oxygens (including phenoxy) is 1. The highest BCUT2D eigenvalue weighted by Gasteiger charge is 2.30. The maximum absolute atomic E-state index is 6.73. The summed E-state index contributed by atoms with van der Waals surface area (Å²) in [5.41, 5.74) is 3.78. The molecule has 0 saturated carbocycles. The summed E-state index contributed by atoms with van der Waals surface area (Å²) in [7, 11) is 0. The summed E-state index contributed by atoms with van der Waals surface area (Å²) in [5, 5.41) is -0.0420. The largest absolute Gasteiger partial charge is 0.493 e. The van der Waals surface area contributed by atoms with E-state index in [0.717, 1.165) is 12.2 Å². The van der Waals surface area contributed by atoms with Crippen molar-refractivity contribution in [2.75, 3.05) is 6.61 Å². The molecule has 2 heteroatoms. The van der Waals surface area contributed by atoms with E-state index in [1.54, 1.807) is 0 Å². The van der Waals surface area contributed by atoms with Gasteiger partial charge in [0.1, 0.15) is 5.75 Å². The highest BCUT2D eigenvalue weighted by atomic mass is 35.5. The van der Waals surface area contributed by atoms with E-state index in [1.807, 2.05) is 12.1 Å². The van der Waals surface area contributed by atoms with Crippen molar-refractivity contribution in [3.05, 3.63) is 65.2 Å². The Morgan fingerprint density at radius 3 is 2.48 bits per heavy atom. The third-order valence-electron chi connectivity index (χ3n) is 4.53. The summed E-state index contributed by atoms with van der Waals surface area (Å²) in [6.45, 7) is 5.14. The van der Waals surface area contributed by atoms with Crippen LogP contribution in [0.15, 0.2) is 48.5 Å². The zero-order valence-electron chi connectivity index (χ0n) is 12.6. The second kappa shape index (κ2) is 6.11. The summed E-state index contributed by atoms with van der Waals surface area (Å²) >= 11 is 6.73. The Hall–Kier alpha value is -1.47. The van der Waals surface area contributed by atoms with Crippen LogP contribution in [-0.4, -0.2) is 6.61 Å². The molecular formula is C19H21ClO. The van der Waals surface area contributed by atoms with Crippen molar-refractivity contribution in [1.29, 1.82) is 0 Å². The van der Waals surface area contributed by atoms with E-state index < -0.39 is 0 Å². The Bertz CT molecular complexity index is 605. The minimum absolute atomic E-state index is 0.0420. The van der Waals surface area contributed by atoms with Crippen molar-refractivity contribution >= 4 is 11.6 Å². The first kappa shape index (κ1) is 14.5. The molecule has 110 valence electrons. The predicted molar refractivity (Wildman–Crippen MR) is 88.4 cm³/mol. The van der Waals surface area contributed by atoms with E-state index in [1.165, 1.54) is 16.7 Å². The van der Waals surface area contributed by atoms with Crippen LogP contribution in [0.5, 0.6) is 5.75 Å². The summed E-state index contributed by atoms with van der Waals surface area (Å²) in [6, 6.07) is 16.9. The van der Waals surface area contributed by atoms with E-state index >= 15 is 0 Å². The number of para-hydroxylation sites is 1. The summed E-state index contributed by atoms with van der Waals surface area (Å²) in [6.07, 6.45) is 1.16. The van der Waals surface area contributed by atoms with Gasteiger partial charge in [-0.3, -0.25) is 0 Å². The molecular weight excluding hydrogens is 280 g/mol. The maximum Gasteiger partial charge on any atom is 0.122 e. The maximum atomic E-state index is 6.73. The van der Waals surface area contributed by atoms with Gasteiger partial charge in [-0.1, -0.05) is 56.3 Å². The van der Waals surface area contributed by atoms with Crippen molar-refractivity contribution in [1.82, 2.24) is 0 Å². The van der Waals surface area contributed by atoms with E-state index in [4.69, 9.17) is 16.3 Å². The lowest BCUT2D eigenvalue weighted by Crippen LogP contribution is -2.08. The number of hydrogen-bond donors (Lipinski definition) is 0. The van der Waals surface area contributed by atoms with Gasteiger partial charge in [-0.15, -0.1) is 11.6 Å². The smallest absolute Gasteiger partial charge is 0.122 e. The van der Waals surface area contributed by atoms with Gasteiger partial charge in [0.2, 0.25) is 0 Å². The molecule has 1 heterocycles. The molecule has 0 radical (unpaired) electrons. The highest BCUT2D eigenvalue weighted by molar-refractivity contribution is 6.21. The molecule has 0 amide bonds. The molecule has 0 fully saturated rings. The van der Waals surface area contributed by atoms with Gasteiger partial charge in [0, 0.05) is 11.5 Å². The van der Waals surface area contributed by atoms with Gasteiger partial charge >= 0.3 is 0 Å². The molecule has 21 heavy (non-hydrogen) atoms. The summed E-state index contributed by atoms with van der Waals surface area (Å²) in [4.78, 5) is 0. The molecule has 3 rings (SSSR count). The van der Waals surface area contributed by atoms with Gasteiger partial charge in [0.25, 0.3) is 0 Å². The average molecular weight is 301 g/mol. The molecule has 1 aliphatic heterocycles. The molecule has 1 aliphatic rings. The second-order valence-electron chi connectivity index (χ2n) is 5.83. The van der Waals surface area contributed by atoms with E-state index in [9.17, 15) is 0 Å². The molecule has 0 saturated heterocycles. The number of benzene rings is 2. The van der Waals surface area contributed by atoms with Gasteiger partial charge in [0.05, 0.1) is 12.0 Å². The molecule has 0 bridgehead atoms. The summed E-state index contributed by atoms with van der Waals surface area (Å²) in [5.74, 6) is 1.81. The predicted octanol–water partition coefficient (Wildman–Crippen LogP) is 5.66. The average Bonchev–Trinajstić information content (AvgIpc) is 2.97. The van der Waals surface area contributed by atoms with Crippen LogP contribution in [0.3, 0.4) is 0 Å². The molecule has 3 atom stereocenters. The van der Waals surface area contributed by atoms with Gasteiger partial charge in [-0.2, -0.15) is 0 Å². The van der Waals surface area contributed by atoms with Crippen LogP contribution < -0.4 is 4.74 Å². The van der Waals surface area contributed by atoms with Crippen LogP contribution >= 0.6 is 11.6 Å². The standard InChI is InChI=1S/C19H21ClO/c1-3-13(2)14-8-10-15(11-9-14)19(20)17-12-21-18-7-5-4-6-16(17)18/h4-11,13,17,19H,3,12H2,1-2H3. The number of rotatable bonds is 4. The molecule has 0 spiro atoms. The lowest BCUT2D eigenvalue weighted by atomic mass is 9.91. The topological polar surface area (TPSA) is 9.23 Å². The van der Waals surface area contributed by atoms with Crippen LogP contribution in [0.1, 0.15) is 54.2 Å². The Balaban J connectivity index is 1.81. The van der Waals surface area contributed by atoms with Crippen LogP contribution in [0.4, 0.5) is 0 Å². The fourth-order valence-electron chi connectivity index (χ4n) is 2.91. The lowest BCUT2D eigenvalue weighted by Gasteiger charge is -2.18. The third-order valence-corrected chi connectivity index (χ3v) is 5.08. The minimum atomic E-state index is -0.0420. The van der Waals surface area contributed by atoms with Crippen molar-refractivity contribution in [3.8, 4) is 5.75 Å². The molecule has 3 unspecified atom stereocenters. The van der Waals surface area contributed by atoms with E-state index in [0.29, 0.717) is 12.5 Å². The van der Waals surface area contributed by atoms with Crippen molar-refractivity contribution < 1.29 is 4.74 Å². The first-order chi connectivity index (χ1) is 10.2. The third kappa shape index (κ3) is 2.80. The van der Waals surface area contributed by atoms with Crippen LogP contribution in [-0.2, 0) is 0 Å². The van der Waals surface area contributed by atoms with Crippen LogP contribution in [0.2, 0.25) is 0 Å². The first-order valence-electron chi connectivity index (χ1n) is 7.66. The van der Waals surface area contributed by atoms with Crippen molar-refractivity contribution in [2.24, 2.45) is 0 Å². The quantitative estimate of drug-likeness (QED) is 0.662. The Morgan fingerprint density at radius 2 is 1.76 bits per heavy atom. The number of alkyl halides is 1. The molecule has 2 aromatic rings. The van der Waals surface area contributed by atoms with Gasteiger partial charge in [-0.25, -0.2) is 0 Å². The number of halogens is 1. The van der Waals surface area contributed by atoms with Crippen LogP contribution in [0, 0.1) is 0 Å². The highest BCUT2D eigenvalue weighted by Crippen LogP contribution is 2.44.